The van der Waals surface area contributed by atoms with Crippen molar-refractivity contribution in [1.29, 1.82) is 0 Å². The van der Waals surface area contributed by atoms with Crippen molar-refractivity contribution in [3.63, 3.8) is 0 Å². The van der Waals surface area contributed by atoms with Crippen molar-refractivity contribution in [2.45, 2.75) is 44.2 Å². The van der Waals surface area contributed by atoms with Gasteiger partial charge in [0.15, 0.2) is 5.82 Å². The lowest BCUT2D eigenvalue weighted by Crippen LogP contribution is -2.52. The van der Waals surface area contributed by atoms with Crippen molar-refractivity contribution in [2.75, 3.05) is 26.2 Å². The van der Waals surface area contributed by atoms with E-state index in [4.69, 9.17) is 8.94 Å². The number of hydrogen-bond acceptors (Lipinski definition) is 6. The molecule has 2 aliphatic heterocycles. The van der Waals surface area contributed by atoms with Crippen LogP contribution >= 0.6 is 0 Å². The molecule has 2 saturated heterocycles. The fraction of sp³-hybridized carbons (Fsp3) is 0.632. The number of amides is 2. The molecular formula is C19H25N5O3. The lowest BCUT2D eigenvalue weighted by molar-refractivity contribution is 0.146. The van der Waals surface area contributed by atoms with Gasteiger partial charge in [-0.25, -0.2) is 4.79 Å². The number of hydrogen-bond donors (Lipinski definition) is 1. The maximum atomic E-state index is 12.2. The van der Waals surface area contributed by atoms with Crippen LogP contribution in [0.25, 0.3) is 0 Å². The van der Waals surface area contributed by atoms with E-state index in [1.165, 1.54) is 19.3 Å². The summed E-state index contributed by atoms with van der Waals surface area (Å²) in [5.74, 6) is 3.26. The van der Waals surface area contributed by atoms with Crippen LogP contribution in [0.15, 0.2) is 27.3 Å². The number of rotatable bonds is 6. The Hall–Kier alpha value is -2.35. The lowest BCUT2D eigenvalue weighted by Gasteiger charge is -2.37. The summed E-state index contributed by atoms with van der Waals surface area (Å²) < 4.78 is 10.8. The number of urea groups is 1. The van der Waals surface area contributed by atoms with E-state index >= 15 is 0 Å². The molecule has 1 saturated carbocycles. The molecule has 0 bridgehead atoms. The van der Waals surface area contributed by atoms with E-state index < -0.39 is 0 Å². The molecule has 0 aromatic carbocycles. The number of carbonyl (C=O) groups excluding carboxylic acids is 1. The van der Waals surface area contributed by atoms with Crippen LogP contribution in [-0.4, -0.2) is 52.2 Å². The van der Waals surface area contributed by atoms with Gasteiger partial charge in [0.25, 0.3) is 0 Å². The van der Waals surface area contributed by atoms with E-state index in [0.29, 0.717) is 19.6 Å². The minimum absolute atomic E-state index is 0.0854. The minimum atomic E-state index is -0.0854. The van der Waals surface area contributed by atoms with E-state index in [-0.39, 0.29) is 18.0 Å². The second kappa shape index (κ2) is 6.99. The molecule has 1 aliphatic carbocycles. The van der Waals surface area contributed by atoms with Crippen molar-refractivity contribution in [2.24, 2.45) is 5.92 Å². The van der Waals surface area contributed by atoms with Crippen molar-refractivity contribution < 1.29 is 13.7 Å². The fourth-order valence-electron chi connectivity index (χ4n) is 4.00. The van der Waals surface area contributed by atoms with Crippen LogP contribution in [-0.2, 0) is 6.54 Å². The Balaban J connectivity index is 1.13. The first-order valence-corrected chi connectivity index (χ1v) is 9.89. The van der Waals surface area contributed by atoms with Gasteiger partial charge in [-0.05, 0) is 50.3 Å². The molecule has 1 atom stereocenters. The molecule has 8 heteroatoms. The highest BCUT2D eigenvalue weighted by Gasteiger charge is 2.38. The van der Waals surface area contributed by atoms with Crippen molar-refractivity contribution in [1.82, 2.24) is 25.3 Å². The number of furan rings is 1. The predicted octanol–water partition coefficient (Wildman–Crippen LogP) is 2.52. The van der Waals surface area contributed by atoms with Crippen LogP contribution in [0.1, 0.15) is 55.1 Å². The van der Waals surface area contributed by atoms with Gasteiger partial charge in [0.2, 0.25) is 5.89 Å². The average Bonchev–Trinajstić information content (AvgIpc) is 3.06. The first-order valence-electron chi connectivity index (χ1n) is 9.89. The Labute approximate surface area is 157 Å². The Morgan fingerprint density at radius 1 is 1.30 bits per heavy atom. The standard InChI is InChI=1S/C19H25N5O3/c25-19(20-9-15-3-2-8-26-15)24-11-14(12-24)17-21-18(27-22-17)16-4-1-7-23(16)10-13-5-6-13/h2-3,8,13-14,16H,1,4-7,9-12H2,(H,20,25). The van der Waals surface area contributed by atoms with Gasteiger partial charge >= 0.3 is 6.03 Å². The van der Waals surface area contributed by atoms with Crippen molar-refractivity contribution >= 4 is 6.03 Å². The smallest absolute Gasteiger partial charge is 0.317 e. The van der Waals surface area contributed by atoms with Gasteiger partial charge in [-0.15, -0.1) is 0 Å². The van der Waals surface area contributed by atoms with Crippen molar-refractivity contribution in [3.8, 4) is 0 Å². The summed E-state index contributed by atoms with van der Waals surface area (Å²) in [5.41, 5.74) is 0. The van der Waals surface area contributed by atoms with Crippen LogP contribution in [0, 0.1) is 5.92 Å². The van der Waals surface area contributed by atoms with Gasteiger partial charge in [0.05, 0.1) is 24.8 Å². The topological polar surface area (TPSA) is 87.6 Å². The van der Waals surface area contributed by atoms with Crippen LogP contribution in [0.4, 0.5) is 4.79 Å². The zero-order valence-corrected chi connectivity index (χ0v) is 15.3. The van der Waals surface area contributed by atoms with Crippen molar-refractivity contribution in [3.05, 3.63) is 35.9 Å². The zero-order valence-electron chi connectivity index (χ0n) is 15.3. The third-order valence-corrected chi connectivity index (χ3v) is 5.82. The second-order valence-electron chi connectivity index (χ2n) is 7.93. The molecule has 2 aromatic rings. The number of nitrogens with one attached hydrogen (secondary N) is 1. The highest BCUT2D eigenvalue weighted by atomic mass is 16.5. The minimum Gasteiger partial charge on any atom is -0.467 e. The van der Waals surface area contributed by atoms with E-state index in [1.54, 1.807) is 11.2 Å². The van der Waals surface area contributed by atoms with Gasteiger partial charge in [-0.2, -0.15) is 4.98 Å². The Kier molecular flexibility index (Phi) is 4.35. The third kappa shape index (κ3) is 3.58. The Morgan fingerprint density at radius 2 is 2.19 bits per heavy atom. The highest BCUT2D eigenvalue weighted by molar-refractivity contribution is 5.75. The molecule has 1 N–H and O–H groups in total. The van der Waals surface area contributed by atoms with Gasteiger partial charge in [-0.1, -0.05) is 5.16 Å². The normalized spacial score (nSPS) is 23.6. The molecule has 0 radical (unpaired) electrons. The molecule has 4 heterocycles. The number of aromatic nitrogens is 2. The summed E-state index contributed by atoms with van der Waals surface area (Å²) >= 11 is 0. The summed E-state index contributed by atoms with van der Waals surface area (Å²) in [5, 5.41) is 7.07. The molecule has 3 aliphatic rings. The molecule has 8 nitrogen and oxygen atoms in total. The van der Waals surface area contributed by atoms with Crippen LogP contribution in [0.5, 0.6) is 0 Å². The maximum absolute atomic E-state index is 12.2. The molecule has 144 valence electrons. The van der Waals surface area contributed by atoms with Crippen LogP contribution in [0.2, 0.25) is 0 Å². The second-order valence-corrected chi connectivity index (χ2v) is 7.93. The molecule has 2 amide bonds. The number of likely N-dealkylation sites (tertiary alicyclic amines) is 2. The summed E-state index contributed by atoms with van der Waals surface area (Å²) in [6.45, 7) is 3.94. The first kappa shape index (κ1) is 16.8. The maximum Gasteiger partial charge on any atom is 0.317 e. The van der Waals surface area contributed by atoms with E-state index in [9.17, 15) is 4.79 Å². The molecule has 3 fully saturated rings. The van der Waals surface area contributed by atoms with Gasteiger partial charge in [0.1, 0.15) is 5.76 Å². The Morgan fingerprint density at radius 3 is 2.96 bits per heavy atom. The first-order chi connectivity index (χ1) is 13.3. The zero-order chi connectivity index (χ0) is 18.2. The highest BCUT2D eigenvalue weighted by Crippen LogP contribution is 2.37. The van der Waals surface area contributed by atoms with Gasteiger partial charge < -0.3 is 19.2 Å². The SMILES string of the molecule is O=C(NCc1ccco1)N1CC(c2noc(C3CCCN3CC3CC3)n2)C1. The molecule has 0 spiro atoms. The number of nitrogens with zero attached hydrogens (tertiary/aromatic N) is 4. The molecule has 5 rings (SSSR count). The average molecular weight is 371 g/mol. The van der Waals surface area contributed by atoms with Crippen LogP contribution < -0.4 is 5.32 Å². The molecule has 2 aromatic heterocycles. The predicted molar refractivity (Wildman–Crippen MR) is 95.8 cm³/mol. The fourth-order valence-corrected chi connectivity index (χ4v) is 4.00. The lowest BCUT2D eigenvalue weighted by atomic mass is 10.00. The van der Waals surface area contributed by atoms with Crippen LogP contribution in [0.3, 0.4) is 0 Å². The van der Waals surface area contributed by atoms with E-state index in [0.717, 1.165) is 42.9 Å². The number of carbonyl (C=O) groups is 1. The summed E-state index contributed by atoms with van der Waals surface area (Å²) in [6.07, 6.45) is 6.62. The van der Waals surface area contributed by atoms with E-state index in [1.807, 2.05) is 12.1 Å². The quantitative estimate of drug-likeness (QED) is 0.839. The molecular weight excluding hydrogens is 346 g/mol. The van der Waals surface area contributed by atoms with Gasteiger partial charge in [0, 0.05) is 19.6 Å². The summed E-state index contributed by atoms with van der Waals surface area (Å²) in [4.78, 5) is 21.1. The monoisotopic (exact) mass is 371 g/mol. The Bertz CT molecular complexity index is 779. The summed E-state index contributed by atoms with van der Waals surface area (Å²) in [7, 11) is 0. The summed E-state index contributed by atoms with van der Waals surface area (Å²) in [6, 6.07) is 3.85. The third-order valence-electron chi connectivity index (χ3n) is 5.82. The van der Waals surface area contributed by atoms with E-state index in [2.05, 4.69) is 20.4 Å². The largest absolute Gasteiger partial charge is 0.467 e. The molecule has 27 heavy (non-hydrogen) atoms. The molecule has 1 unspecified atom stereocenters. The van der Waals surface area contributed by atoms with Gasteiger partial charge in [-0.3, -0.25) is 4.90 Å².